The largest absolute Gasteiger partial charge is 0.497 e. The second kappa shape index (κ2) is 15.4. The number of benzene rings is 1. The molecule has 4 rings (SSSR count). The lowest BCUT2D eigenvalue weighted by Crippen LogP contribution is -2.61. The molecule has 0 spiro atoms. The quantitative estimate of drug-likeness (QED) is 0.233. The number of unbranched alkanes of at least 4 members (excludes halogenated alkanes) is 1. The van der Waals surface area contributed by atoms with Gasteiger partial charge >= 0.3 is 6.03 Å². The van der Waals surface area contributed by atoms with Crippen molar-refractivity contribution in [3.63, 3.8) is 0 Å². The lowest BCUT2D eigenvalue weighted by Gasteiger charge is -2.36. The van der Waals surface area contributed by atoms with E-state index in [2.05, 4.69) is 26.3 Å². The van der Waals surface area contributed by atoms with Gasteiger partial charge in [-0.1, -0.05) is 40.5 Å². The molecule has 2 fully saturated rings. The Morgan fingerprint density at radius 1 is 1.02 bits per heavy atom. The molecule has 49 heavy (non-hydrogen) atoms. The Hall–Kier alpha value is -4.42. The Balaban J connectivity index is 1.63. The van der Waals surface area contributed by atoms with Gasteiger partial charge in [-0.15, -0.1) is 0 Å². The molecule has 1 aromatic heterocycles. The first-order valence-electron chi connectivity index (χ1n) is 17.1. The number of carbonyl (C=O) groups excluding carboxylic acids is 5. The summed E-state index contributed by atoms with van der Waals surface area (Å²) in [7, 11) is 1.58. The molecular weight excluding hydrogens is 628 g/mol. The van der Waals surface area contributed by atoms with Crippen molar-refractivity contribution in [1.82, 2.24) is 31.2 Å². The number of ether oxygens (including phenoxy) is 2. The molecule has 2 heterocycles. The summed E-state index contributed by atoms with van der Waals surface area (Å²) in [5.41, 5.74) is -1.28. The van der Waals surface area contributed by atoms with Crippen molar-refractivity contribution in [2.45, 2.75) is 123 Å². The highest BCUT2D eigenvalue weighted by molar-refractivity contribution is 6.38. The van der Waals surface area contributed by atoms with Crippen LogP contribution in [-0.2, 0) is 19.2 Å². The minimum atomic E-state index is -1.05. The van der Waals surface area contributed by atoms with E-state index >= 15 is 0 Å². The second-order valence-corrected chi connectivity index (χ2v) is 15.1. The number of nitrogens with one attached hydrogen (secondary N) is 4. The van der Waals surface area contributed by atoms with E-state index in [1.165, 1.54) is 4.90 Å². The zero-order valence-corrected chi connectivity index (χ0v) is 30.0. The number of carbonyl (C=O) groups is 5. The molecule has 1 saturated heterocycles. The molecule has 0 unspecified atom stereocenters. The molecule has 2 aliphatic rings. The van der Waals surface area contributed by atoms with Gasteiger partial charge in [0.1, 0.15) is 23.9 Å². The van der Waals surface area contributed by atoms with Crippen molar-refractivity contribution < 1.29 is 33.4 Å². The maximum absolute atomic E-state index is 14.4. The second-order valence-electron chi connectivity index (χ2n) is 15.1. The third-order valence-electron chi connectivity index (χ3n) is 8.55. The van der Waals surface area contributed by atoms with Crippen LogP contribution < -0.4 is 30.7 Å². The van der Waals surface area contributed by atoms with E-state index < -0.39 is 64.7 Å². The standard InChI is InChI=1S/C36H52N6O7/c1-9-10-11-26(28(43)31(45)38-22-12-13-22)39-30(44)27-19-24(49-32-25-15-14-23(48-8)18-21(25)16-17-37-32)20-42(27)33(46)29(35(2,3)4)40-34(47)41-36(5,6)7/h14-18,22,24,26-27,29H,9-13,19-20H2,1-8H3,(H,38,45)(H,39,44)(H2,40,41,47)/t24-,26+,27+,29-/m1/s1. The van der Waals surface area contributed by atoms with Crippen LogP contribution in [0.25, 0.3) is 10.8 Å². The van der Waals surface area contributed by atoms with Crippen LogP contribution in [0, 0.1) is 5.41 Å². The molecule has 13 nitrogen and oxygen atoms in total. The first-order valence-corrected chi connectivity index (χ1v) is 17.1. The molecule has 268 valence electrons. The van der Waals surface area contributed by atoms with E-state index in [9.17, 15) is 24.0 Å². The van der Waals surface area contributed by atoms with Gasteiger partial charge in [-0.25, -0.2) is 9.78 Å². The number of amides is 5. The number of likely N-dealkylation sites (tertiary alicyclic amines) is 1. The van der Waals surface area contributed by atoms with E-state index in [1.54, 1.807) is 19.4 Å². The molecule has 1 aliphatic carbocycles. The predicted molar refractivity (Wildman–Crippen MR) is 185 cm³/mol. The number of aromatic nitrogens is 1. The van der Waals surface area contributed by atoms with Gasteiger partial charge in [-0.2, -0.15) is 0 Å². The highest BCUT2D eigenvalue weighted by atomic mass is 16.5. The summed E-state index contributed by atoms with van der Waals surface area (Å²) in [5.74, 6) is -1.46. The molecule has 0 radical (unpaired) electrons. The van der Waals surface area contributed by atoms with Crippen LogP contribution in [0.1, 0.15) is 87.0 Å². The van der Waals surface area contributed by atoms with Crippen LogP contribution in [0.3, 0.4) is 0 Å². The Bertz CT molecular complexity index is 1540. The van der Waals surface area contributed by atoms with Crippen LogP contribution in [0.15, 0.2) is 30.5 Å². The Morgan fingerprint density at radius 2 is 1.73 bits per heavy atom. The van der Waals surface area contributed by atoms with Gasteiger partial charge in [0.05, 0.1) is 19.7 Å². The molecule has 4 N–H and O–H groups in total. The smallest absolute Gasteiger partial charge is 0.315 e. The number of pyridine rings is 1. The monoisotopic (exact) mass is 680 g/mol. The molecule has 2 aromatic rings. The molecule has 1 saturated carbocycles. The SMILES string of the molecule is CCCC[C@H](NC(=O)[C@@H]1C[C@@H](Oc2nccc3cc(OC)ccc23)CN1C(=O)[C@@H](NC(=O)NC(C)(C)C)C(C)(C)C)C(=O)C(=O)NC1CC1. The molecule has 5 amide bonds. The van der Waals surface area contributed by atoms with E-state index in [0.717, 1.165) is 30.0 Å². The number of urea groups is 1. The van der Waals surface area contributed by atoms with Gasteiger partial charge in [-0.05, 0) is 75.1 Å². The van der Waals surface area contributed by atoms with Gasteiger partial charge in [0.15, 0.2) is 0 Å². The van der Waals surface area contributed by atoms with Gasteiger partial charge in [0.2, 0.25) is 23.5 Å². The van der Waals surface area contributed by atoms with Gasteiger partial charge in [0, 0.05) is 29.6 Å². The topological polar surface area (TPSA) is 168 Å². The molecule has 4 atom stereocenters. The zero-order valence-electron chi connectivity index (χ0n) is 30.0. The zero-order chi connectivity index (χ0) is 36.1. The highest BCUT2D eigenvalue weighted by Gasteiger charge is 2.47. The van der Waals surface area contributed by atoms with Crippen LogP contribution >= 0.6 is 0 Å². The number of Topliss-reactive ketones (excluding diaryl/α,β-unsaturated/α-hetero) is 1. The minimum absolute atomic E-state index is 0.0130. The van der Waals surface area contributed by atoms with Crippen LogP contribution in [0.2, 0.25) is 0 Å². The van der Waals surface area contributed by atoms with Crippen molar-refractivity contribution in [3.8, 4) is 11.6 Å². The summed E-state index contributed by atoms with van der Waals surface area (Å²) in [6, 6.07) is 3.70. The van der Waals surface area contributed by atoms with E-state index in [1.807, 2.05) is 66.7 Å². The summed E-state index contributed by atoms with van der Waals surface area (Å²) in [6.07, 6.45) is 4.36. The summed E-state index contributed by atoms with van der Waals surface area (Å²) >= 11 is 0. The van der Waals surface area contributed by atoms with Crippen molar-refractivity contribution in [2.75, 3.05) is 13.7 Å². The summed E-state index contributed by atoms with van der Waals surface area (Å²) < 4.78 is 11.7. The Labute approximate surface area is 288 Å². The molecule has 1 aromatic carbocycles. The lowest BCUT2D eigenvalue weighted by atomic mass is 9.85. The third-order valence-corrected chi connectivity index (χ3v) is 8.55. The normalized spacial score (nSPS) is 19.1. The Morgan fingerprint density at radius 3 is 2.35 bits per heavy atom. The van der Waals surface area contributed by atoms with Crippen LogP contribution in [0.5, 0.6) is 11.6 Å². The number of nitrogens with zero attached hydrogens (tertiary/aromatic N) is 2. The molecule has 1 aliphatic heterocycles. The van der Waals surface area contributed by atoms with E-state index in [4.69, 9.17) is 9.47 Å². The first kappa shape index (κ1) is 37.4. The predicted octanol–water partition coefficient (Wildman–Crippen LogP) is 3.63. The number of ketones is 1. The van der Waals surface area contributed by atoms with Gasteiger partial charge in [0.25, 0.3) is 5.91 Å². The summed E-state index contributed by atoms with van der Waals surface area (Å²) in [4.78, 5) is 73.3. The number of hydrogen-bond acceptors (Lipinski definition) is 8. The maximum atomic E-state index is 14.4. The first-order chi connectivity index (χ1) is 23.0. The van der Waals surface area contributed by atoms with E-state index in [0.29, 0.717) is 18.1 Å². The molecule has 0 bridgehead atoms. The van der Waals surface area contributed by atoms with Gasteiger partial charge < -0.3 is 35.6 Å². The van der Waals surface area contributed by atoms with E-state index in [-0.39, 0.29) is 25.4 Å². The average molecular weight is 681 g/mol. The van der Waals surface area contributed by atoms with Crippen LogP contribution in [0.4, 0.5) is 4.79 Å². The number of hydrogen-bond donors (Lipinski definition) is 4. The third kappa shape index (κ3) is 10.1. The summed E-state index contributed by atoms with van der Waals surface area (Å²) in [6.45, 7) is 13.0. The fourth-order valence-electron chi connectivity index (χ4n) is 5.79. The van der Waals surface area contributed by atoms with Crippen LogP contribution in [-0.4, -0.2) is 88.9 Å². The number of methoxy groups -OCH3 is 1. The maximum Gasteiger partial charge on any atom is 0.315 e. The number of fused-ring (bicyclic) bond motifs is 1. The molecular formula is C36H52N6O7. The lowest BCUT2D eigenvalue weighted by molar-refractivity contribution is -0.144. The van der Waals surface area contributed by atoms with Gasteiger partial charge in [-0.3, -0.25) is 19.2 Å². The summed E-state index contributed by atoms with van der Waals surface area (Å²) in [5, 5.41) is 12.8. The average Bonchev–Trinajstić information content (AvgIpc) is 3.74. The highest BCUT2D eigenvalue weighted by Crippen LogP contribution is 2.32. The Kier molecular flexibility index (Phi) is 11.8. The fourth-order valence-corrected chi connectivity index (χ4v) is 5.79. The molecule has 13 heteroatoms. The van der Waals surface area contributed by atoms with Crippen molar-refractivity contribution >= 4 is 40.3 Å². The fraction of sp³-hybridized carbons (Fsp3) is 0.611. The van der Waals surface area contributed by atoms with Crippen molar-refractivity contribution in [3.05, 3.63) is 30.5 Å². The minimum Gasteiger partial charge on any atom is -0.497 e. The number of rotatable bonds is 13. The van der Waals surface area contributed by atoms with Crippen molar-refractivity contribution in [2.24, 2.45) is 5.41 Å². The van der Waals surface area contributed by atoms with Crippen molar-refractivity contribution in [1.29, 1.82) is 0 Å².